The average molecular weight is 1150 g/mol. The molecule has 0 N–H and O–H groups in total. The maximum Gasteiger partial charge on any atom is 0.235 e. The molecule has 0 fully saturated rings. The summed E-state index contributed by atoms with van der Waals surface area (Å²) in [6.45, 7) is 0. The van der Waals surface area contributed by atoms with Crippen molar-refractivity contribution in [2.75, 3.05) is 0 Å². The Morgan fingerprint density at radius 2 is 0.444 bits per heavy atom. The van der Waals surface area contributed by atoms with E-state index >= 15 is 0 Å². The second kappa shape index (κ2) is 20.7. The van der Waals surface area contributed by atoms with Gasteiger partial charge in [-0.1, -0.05) is 231 Å². The molecule has 6 heterocycles. The summed E-state index contributed by atoms with van der Waals surface area (Å²) in [7, 11) is 0. The maximum absolute atomic E-state index is 5.36. The Morgan fingerprint density at radius 3 is 0.833 bits per heavy atom. The van der Waals surface area contributed by atoms with Gasteiger partial charge in [-0.25, -0.2) is 19.9 Å². The van der Waals surface area contributed by atoms with Gasteiger partial charge in [0.2, 0.25) is 11.9 Å². The molecule has 19 aromatic rings. The van der Waals surface area contributed by atoms with Crippen LogP contribution in [0.25, 0.3) is 166 Å². The number of nitrogens with zero attached hydrogens (tertiary/aromatic N) is 8. The van der Waals surface area contributed by atoms with E-state index in [1.165, 1.54) is 76.3 Å². The monoisotopic (exact) mass is 1150 g/mol. The van der Waals surface area contributed by atoms with Crippen LogP contribution in [-0.4, -0.2) is 38.2 Å². The molecular formula is C82H52N8. The summed E-state index contributed by atoms with van der Waals surface area (Å²) in [5.41, 5.74) is 19.6. The highest BCUT2D eigenvalue weighted by Gasteiger charge is 2.23. The lowest BCUT2D eigenvalue weighted by Crippen LogP contribution is -2.03. The summed E-state index contributed by atoms with van der Waals surface area (Å²) in [5.74, 6) is 1.33. The Morgan fingerprint density at radius 1 is 0.178 bits per heavy atom. The third kappa shape index (κ3) is 8.16. The first kappa shape index (κ1) is 51.0. The number of rotatable bonds is 7. The Balaban J connectivity index is 0.000000135. The van der Waals surface area contributed by atoms with Crippen molar-refractivity contribution in [2.45, 2.75) is 0 Å². The van der Waals surface area contributed by atoms with E-state index in [2.05, 4.69) is 316 Å². The first-order chi connectivity index (χ1) is 44.7. The molecule has 0 saturated heterocycles. The van der Waals surface area contributed by atoms with Gasteiger partial charge in [0, 0.05) is 76.4 Å². The van der Waals surface area contributed by atoms with Gasteiger partial charge in [-0.3, -0.25) is 9.13 Å². The van der Waals surface area contributed by atoms with E-state index < -0.39 is 0 Å². The average Bonchev–Trinajstić information content (AvgIpc) is 1.91. The van der Waals surface area contributed by atoms with E-state index in [9.17, 15) is 0 Å². The highest BCUT2D eigenvalue weighted by Crippen LogP contribution is 2.43. The van der Waals surface area contributed by atoms with E-state index in [-0.39, 0.29) is 0 Å². The zero-order chi connectivity index (χ0) is 59.2. The van der Waals surface area contributed by atoms with Crippen molar-refractivity contribution in [3.05, 3.63) is 315 Å². The highest BCUT2D eigenvalue weighted by molar-refractivity contribution is 6.20. The van der Waals surface area contributed by atoms with Crippen LogP contribution >= 0.6 is 0 Å². The Kier molecular flexibility index (Phi) is 11.7. The normalized spacial score (nSPS) is 11.8. The van der Waals surface area contributed by atoms with E-state index in [1.54, 1.807) is 0 Å². The van der Waals surface area contributed by atoms with E-state index in [0.717, 1.165) is 77.8 Å². The fourth-order valence-electron chi connectivity index (χ4n) is 13.8. The molecule has 8 heteroatoms. The van der Waals surface area contributed by atoms with Crippen LogP contribution in [0.15, 0.2) is 315 Å². The number of benzene rings is 13. The van der Waals surface area contributed by atoms with Crippen molar-refractivity contribution in [1.82, 2.24) is 38.2 Å². The molecule has 0 aliphatic rings. The fraction of sp³-hybridized carbons (Fsp3) is 0. The van der Waals surface area contributed by atoms with Crippen molar-refractivity contribution in [3.63, 3.8) is 0 Å². The lowest BCUT2D eigenvalue weighted by Gasteiger charge is -2.12. The van der Waals surface area contributed by atoms with Gasteiger partial charge in [0.05, 0.1) is 66.6 Å². The van der Waals surface area contributed by atoms with Crippen molar-refractivity contribution in [1.29, 1.82) is 0 Å². The van der Waals surface area contributed by atoms with Crippen molar-refractivity contribution >= 4 is 109 Å². The Hall–Kier alpha value is -12.3. The Bertz CT molecular complexity index is 6000. The molecule has 0 aliphatic heterocycles. The summed E-state index contributed by atoms with van der Waals surface area (Å²) in [4.78, 5) is 21.0. The standard InChI is InChI=1S/C44H28N4.C38H24N4/c1-3-13-29(14-4-1)30-23-25-31(26-24-30)43-35-19-7-10-20-38(35)45-44(46-43)48-40-22-12-9-18-34(40)37-27-41-36(28-42(37)48)33-17-8-11-21-39(33)47(41)32-15-5-2-6-16-32;1-3-13-25(14-4-1)37-29-19-7-10-20-32(29)39-38(40-37)42-34-22-12-9-18-28(34)31-23-35-30(24-36(31)42)27-17-8-11-21-33(27)41(35)26-15-5-2-6-16-26/h1-28H;1-24H. The third-order valence-corrected chi connectivity index (χ3v) is 17.9. The van der Waals surface area contributed by atoms with Crippen molar-refractivity contribution < 1.29 is 0 Å². The number of hydrogen-bond acceptors (Lipinski definition) is 4. The van der Waals surface area contributed by atoms with Crippen molar-refractivity contribution in [2.24, 2.45) is 0 Å². The minimum Gasteiger partial charge on any atom is -0.309 e. The van der Waals surface area contributed by atoms with E-state index in [1.807, 2.05) is 18.2 Å². The van der Waals surface area contributed by atoms with Crippen LogP contribution in [0.2, 0.25) is 0 Å². The van der Waals surface area contributed by atoms with Crippen LogP contribution in [0, 0.1) is 0 Å². The lowest BCUT2D eigenvalue weighted by molar-refractivity contribution is 1.01. The van der Waals surface area contributed by atoms with Crippen molar-refractivity contribution in [3.8, 4) is 56.9 Å². The molecule has 90 heavy (non-hydrogen) atoms. The number of para-hydroxylation sites is 8. The predicted molar refractivity (Wildman–Crippen MR) is 373 cm³/mol. The molecule has 0 aliphatic carbocycles. The number of fused-ring (bicyclic) bond motifs is 14. The maximum atomic E-state index is 5.36. The van der Waals surface area contributed by atoms with Gasteiger partial charge in [-0.2, -0.15) is 0 Å². The molecule has 6 aromatic heterocycles. The molecule has 0 spiro atoms. The summed E-state index contributed by atoms with van der Waals surface area (Å²) < 4.78 is 9.22. The van der Waals surface area contributed by atoms with Crippen LogP contribution in [-0.2, 0) is 0 Å². The van der Waals surface area contributed by atoms with Crippen LogP contribution in [0.1, 0.15) is 0 Å². The smallest absolute Gasteiger partial charge is 0.235 e. The molecule has 0 amide bonds. The molecule has 420 valence electrons. The van der Waals surface area contributed by atoms with Crippen LogP contribution in [0.4, 0.5) is 0 Å². The van der Waals surface area contributed by atoms with Crippen LogP contribution < -0.4 is 0 Å². The fourth-order valence-corrected chi connectivity index (χ4v) is 13.8. The molecule has 8 nitrogen and oxygen atoms in total. The van der Waals surface area contributed by atoms with Gasteiger partial charge in [-0.15, -0.1) is 0 Å². The SMILES string of the molecule is c1ccc(-c2ccc(-c3nc(-n4c5ccccc5c5cc6c(cc54)c4ccccc4n6-c4ccccc4)nc4ccccc34)cc2)cc1.c1ccc(-c2nc(-n3c4ccccc4c4cc5c(cc43)c3ccccc3n5-c3ccccc3)nc3ccccc23)cc1. The summed E-state index contributed by atoms with van der Waals surface area (Å²) in [6.07, 6.45) is 0. The molecule has 13 aromatic carbocycles. The van der Waals surface area contributed by atoms with Gasteiger partial charge in [-0.05, 0) is 96.1 Å². The molecule has 0 bridgehead atoms. The number of hydrogen-bond donors (Lipinski definition) is 0. The lowest BCUT2D eigenvalue weighted by atomic mass is 10.0. The highest BCUT2D eigenvalue weighted by atomic mass is 15.2. The molecular weight excluding hydrogens is 1100 g/mol. The molecule has 0 unspecified atom stereocenters. The first-order valence-corrected chi connectivity index (χ1v) is 30.5. The Labute approximate surface area is 516 Å². The second-order valence-corrected chi connectivity index (χ2v) is 22.9. The third-order valence-electron chi connectivity index (χ3n) is 17.9. The van der Waals surface area contributed by atoms with Gasteiger partial charge >= 0.3 is 0 Å². The van der Waals surface area contributed by atoms with Gasteiger partial charge in [0.1, 0.15) is 0 Å². The second-order valence-electron chi connectivity index (χ2n) is 22.9. The minimum absolute atomic E-state index is 0.660. The van der Waals surface area contributed by atoms with Crippen LogP contribution in [0.5, 0.6) is 0 Å². The molecule has 0 saturated carbocycles. The van der Waals surface area contributed by atoms with Gasteiger partial charge < -0.3 is 9.13 Å². The number of aromatic nitrogens is 8. The van der Waals surface area contributed by atoms with Crippen LogP contribution in [0.3, 0.4) is 0 Å². The summed E-state index contributed by atoms with van der Waals surface area (Å²) in [6, 6.07) is 111. The predicted octanol–water partition coefficient (Wildman–Crippen LogP) is 20.6. The molecule has 19 rings (SSSR count). The van der Waals surface area contributed by atoms with Gasteiger partial charge in [0.25, 0.3) is 0 Å². The minimum atomic E-state index is 0.660. The first-order valence-electron chi connectivity index (χ1n) is 30.5. The molecule has 0 radical (unpaired) electrons. The van der Waals surface area contributed by atoms with E-state index in [0.29, 0.717) is 11.9 Å². The zero-order valence-electron chi connectivity index (χ0n) is 48.6. The quantitative estimate of drug-likeness (QED) is 0.159. The topological polar surface area (TPSA) is 71.3 Å². The molecule has 0 atom stereocenters. The van der Waals surface area contributed by atoms with Gasteiger partial charge in [0.15, 0.2) is 0 Å². The van der Waals surface area contributed by atoms with E-state index in [4.69, 9.17) is 19.9 Å². The largest absolute Gasteiger partial charge is 0.309 e. The zero-order valence-corrected chi connectivity index (χ0v) is 48.6. The summed E-state index contributed by atoms with van der Waals surface area (Å²) >= 11 is 0. The summed E-state index contributed by atoms with van der Waals surface area (Å²) in [5, 5.41) is 11.6.